The van der Waals surface area contributed by atoms with Crippen LogP contribution in [0.5, 0.6) is 0 Å². The number of carbonyl (C=O) groups is 1. The second-order valence-electron chi connectivity index (χ2n) is 4.44. The third-order valence-electron chi connectivity index (χ3n) is 2.70. The van der Waals surface area contributed by atoms with Crippen molar-refractivity contribution >= 4 is 39.8 Å². The molecule has 0 fully saturated rings. The van der Waals surface area contributed by atoms with Crippen LogP contribution in [0.15, 0.2) is 11.4 Å². The fraction of sp³-hybridized carbons (Fsp3) is 0.615. The first-order chi connectivity index (χ1) is 8.06. The first-order valence-corrected chi connectivity index (χ1v) is 8.07. The van der Waals surface area contributed by atoms with Gasteiger partial charge < -0.3 is 4.90 Å². The molecule has 1 heterocycles. The zero-order chi connectivity index (χ0) is 12.8. The summed E-state index contributed by atoms with van der Waals surface area (Å²) in [5, 5.41) is 1.96. The van der Waals surface area contributed by atoms with Crippen LogP contribution < -0.4 is 0 Å². The molecule has 17 heavy (non-hydrogen) atoms. The van der Waals surface area contributed by atoms with Crippen LogP contribution >= 0.6 is 33.9 Å². The number of nitrogens with zero attached hydrogens (tertiary/aromatic N) is 1. The lowest BCUT2D eigenvalue weighted by Gasteiger charge is -2.26. The predicted octanol–water partition coefficient (Wildman–Crippen LogP) is 4.39. The van der Waals surface area contributed by atoms with Gasteiger partial charge in [0.05, 0.1) is 8.45 Å². The van der Waals surface area contributed by atoms with Gasteiger partial charge in [-0.1, -0.05) is 19.8 Å². The lowest BCUT2D eigenvalue weighted by Crippen LogP contribution is -2.37. The minimum absolute atomic E-state index is 0.176. The second-order valence-corrected chi connectivity index (χ2v) is 7.24. The smallest absolute Gasteiger partial charge is 0.254 e. The van der Waals surface area contributed by atoms with Crippen LogP contribution in [-0.4, -0.2) is 23.4 Å². The molecule has 2 nitrogen and oxygen atoms in total. The molecule has 0 spiro atoms. The normalized spacial score (nSPS) is 10.9. The van der Waals surface area contributed by atoms with Crippen LogP contribution in [0, 0.1) is 2.88 Å². The number of rotatable bonds is 6. The molecule has 1 aromatic rings. The molecule has 1 amide bonds. The van der Waals surface area contributed by atoms with E-state index in [0.717, 1.165) is 18.5 Å². The van der Waals surface area contributed by atoms with Gasteiger partial charge in [-0.2, -0.15) is 0 Å². The summed E-state index contributed by atoms with van der Waals surface area (Å²) >= 11 is 3.89. The Morgan fingerprint density at radius 2 is 2.18 bits per heavy atom. The second kappa shape index (κ2) is 7.36. The summed E-state index contributed by atoms with van der Waals surface area (Å²) < 4.78 is 1.17. The Bertz CT molecular complexity index is 362. The van der Waals surface area contributed by atoms with Gasteiger partial charge in [-0.05, 0) is 48.9 Å². The highest BCUT2D eigenvalue weighted by molar-refractivity contribution is 14.1. The molecule has 96 valence electrons. The van der Waals surface area contributed by atoms with E-state index < -0.39 is 0 Å². The highest BCUT2D eigenvalue weighted by Crippen LogP contribution is 2.19. The van der Waals surface area contributed by atoms with Gasteiger partial charge in [0, 0.05) is 18.0 Å². The minimum atomic E-state index is 0.176. The van der Waals surface area contributed by atoms with Crippen molar-refractivity contribution in [3.8, 4) is 0 Å². The van der Waals surface area contributed by atoms with Crippen LogP contribution in [0.1, 0.15) is 50.4 Å². The topological polar surface area (TPSA) is 20.3 Å². The SMILES string of the molecule is CCCCCN(C(=O)c1csc(I)c1)C(C)C. The summed E-state index contributed by atoms with van der Waals surface area (Å²) in [6.07, 6.45) is 3.48. The van der Waals surface area contributed by atoms with Crippen LogP contribution in [0.25, 0.3) is 0 Å². The summed E-state index contributed by atoms with van der Waals surface area (Å²) in [7, 11) is 0. The maximum Gasteiger partial charge on any atom is 0.254 e. The Kier molecular flexibility index (Phi) is 6.48. The summed E-state index contributed by atoms with van der Waals surface area (Å²) in [5.74, 6) is 0.176. The van der Waals surface area contributed by atoms with Gasteiger partial charge in [-0.3, -0.25) is 4.79 Å². The number of unbranched alkanes of at least 4 members (excludes halogenated alkanes) is 2. The van der Waals surface area contributed by atoms with Gasteiger partial charge >= 0.3 is 0 Å². The van der Waals surface area contributed by atoms with Gasteiger partial charge in [0.15, 0.2) is 0 Å². The van der Waals surface area contributed by atoms with E-state index in [0.29, 0.717) is 0 Å². The van der Waals surface area contributed by atoms with E-state index >= 15 is 0 Å². The lowest BCUT2D eigenvalue weighted by atomic mass is 10.2. The molecule has 0 aromatic carbocycles. The molecule has 0 aliphatic heterocycles. The van der Waals surface area contributed by atoms with Gasteiger partial charge in [0.25, 0.3) is 5.91 Å². The van der Waals surface area contributed by atoms with E-state index in [-0.39, 0.29) is 11.9 Å². The summed E-state index contributed by atoms with van der Waals surface area (Å²) in [6, 6.07) is 2.25. The minimum Gasteiger partial charge on any atom is -0.336 e. The third-order valence-corrected chi connectivity index (χ3v) is 4.49. The first kappa shape index (κ1) is 15.0. The van der Waals surface area contributed by atoms with Gasteiger partial charge in [0.2, 0.25) is 0 Å². The highest BCUT2D eigenvalue weighted by atomic mass is 127. The molecule has 0 bridgehead atoms. The summed E-state index contributed by atoms with van der Waals surface area (Å²) in [5.41, 5.74) is 0.838. The third kappa shape index (κ3) is 4.58. The summed E-state index contributed by atoms with van der Waals surface area (Å²) in [6.45, 7) is 7.22. The van der Waals surface area contributed by atoms with Crippen molar-refractivity contribution in [1.29, 1.82) is 0 Å². The largest absolute Gasteiger partial charge is 0.336 e. The molecule has 0 aliphatic rings. The summed E-state index contributed by atoms with van der Waals surface area (Å²) in [4.78, 5) is 14.3. The molecule has 4 heteroatoms. The molecule has 0 radical (unpaired) electrons. The average Bonchev–Trinajstić information content (AvgIpc) is 2.70. The Morgan fingerprint density at radius 3 is 2.65 bits per heavy atom. The fourth-order valence-electron chi connectivity index (χ4n) is 1.71. The maximum atomic E-state index is 12.3. The predicted molar refractivity (Wildman–Crippen MR) is 82.7 cm³/mol. The van der Waals surface area contributed by atoms with Crippen LogP contribution in [0.2, 0.25) is 0 Å². The van der Waals surface area contributed by atoms with Gasteiger partial charge in [-0.15, -0.1) is 11.3 Å². The van der Waals surface area contributed by atoms with Crippen molar-refractivity contribution in [3.05, 3.63) is 19.9 Å². The van der Waals surface area contributed by atoms with Crippen molar-refractivity contribution in [2.75, 3.05) is 6.54 Å². The molecule has 0 aliphatic carbocycles. The number of halogens is 1. The number of hydrogen-bond acceptors (Lipinski definition) is 2. The molecule has 1 rings (SSSR count). The molecule has 0 saturated carbocycles. The lowest BCUT2D eigenvalue weighted by molar-refractivity contribution is 0.0703. The van der Waals surface area contributed by atoms with E-state index in [1.54, 1.807) is 11.3 Å². The molecule has 0 saturated heterocycles. The van der Waals surface area contributed by atoms with Crippen LogP contribution in [0.4, 0.5) is 0 Å². The number of amides is 1. The highest BCUT2D eigenvalue weighted by Gasteiger charge is 2.19. The van der Waals surface area contributed by atoms with E-state index in [4.69, 9.17) is 0 Å². The zero-order valence-corrected chi connectivity index (χ0v) is 13.7. The van der Waals surface area contributed by atoms with Crippen molar-refractivity contribution in [3.63, 3.8) is 0 Å². The Hall–Kier alpha value is -0.100. The molecular weight excluding hydrogens is 345 g/mol. The number of carbonyl (C=O) groups excluding carboxylic acids is 1. The first-order valence-electron chi connectivity index (χ1n) is 6.11. The van der Waals surface area contributed by atoms with Gasteiger partial charge in [-0.25, -0.2) is 0 Å². The molecule has 0 N–H and O–H groups in total. The average molecular weight is 365 g/mol. The molecule has 1 aromatic heterocycles. The molecule has 0 atom stereocenters. The monoisotopic (exact) mass is 365 g/mol. The van der Waals surface area contributed by atoms with Crippen molar-refractivity contribution in [2.45, 2.75) is 46.1 Å². The van der Waals surface area contributed by atoms with Crippen molar-refractivity contribution < 1.29 is 4.79 Å². The van der Waals surface area contributed by atoms with E-state index in [1.807, 2.05) is 16.3 Å². The standard InChI is InChI=1S/C13H20INOS/c1-4-5-6-7-15(10(2)3)13(16)11-8-12(14)17-9-11/h8-10H,4-7H2,1-3H3. The van der Waals surface area contributed by atoms with E-state index in [1.165, 1.54) is 15.7 Å². The zero-order valence-electron chi connectivity index (χ0n) is 10.7. The number of thiophene rings is 1. The Balaban J connectivity index is 2.67. The molecular formula is C13H20INOS. The van der Waals surface area contributed by atoms with Gasteiger partial charge in [0.1, 0.15) is 0 Å². The van der Waals surface area contributed by atoms with Crippen LogP contribution in [-0.2, 0) is 0 Å². The van der Waals surface area contributed by atoms with Crippen molar-refractivity contribution in [2.24, 2.45) is 0 Å². The van der Waals surface area contributed by atoms with Crippen LogP contribution in [0.3, 0.4) is 0 Å². The van der Waals surface area contributed by atoms with Crippen molar-refractivity contribution in [1.82, 2.24) is 4.90 Å². The molecule has 0 unspecified atom stereocenters. The number of hydrogen-bond donors (Lipinski definition) is 0. The maximum absolute atomic E-state index is 12.3. The van der Waals surface area contributed by atoms with E-state index in [9.17, 15) is 4.79 Å². The quantitative estimate of drug-likeness (QED) is 0.541. The Labute approximate surface area is 122 Å². The van der Waals surface area contributed by atoms with E-state index in [2.05, 4.69) is 43.4 Å². The fourth-order valence-corrected chi connectivity index (χ4v) is 3.03. The Morgan fingerprint density at radius 1 is 1.47 bits per heavy atom.